The highest BCUT2D eigenvalue weighted by atomic mass is 16.5. The van der Waals surface area contributed by atoms with Crippen LogP contribution in [0.3, 0.4) is 0 Å². The van der Waals surface area contributed by atoms with Gasteiger partial charge in [-0.15, -0.1) is 0 Å². The second-order valence-electron chi connectivity index (χ2n) is 10.0. The summed E-state index contributed by atoms with van der Waals surface area (Å²) in [6.07, 6.45) is 0.662. The van der Waals surface area contributed by atoms with Gasteiger partial charge >= 0.3 is 6.03 Å². The van der Waals surface area contributed by atoms with E-state index in [1.807, 2.05) is 67.6 Å². The molecule has 4 aromatic carbocycles. The summed E-state index contributed by atoms with van der Waals surface area (Å²) in [6.45, 7) is 2.43. The second kappa shape index (κ2) is 14.0. The van der Waals surface area contributed by atoms with E-state index in [1.54, 1.807) is 42.3 Å². The number of hydrogen-bond acceptors (Lipinski definition) is 5. The van der Waals surface area contributed by atoms with E-state index in [4.69, 9.17) is 20.6 Å². The molecule has 3 amide bonds. The van der Waals surface area contributed by atoms with Crippen molar-refractivity contribution in [3.63, 3.8) is 0 Å². The molecule has 4 aromatic rings. The number of methoxy groups -OCH3 is 2. The van der Waals surface area contributed by atoms with E-state index in [-0.39, 0.29) is 24.3 Å². The highest BCUT2D eigenvalue weighted by Gasteiger charge is 2.24. The summed E-state index contributed by atoms with van der Waals surface area (Å²) in [4.78, 5) is 30.5. The van der Waals surface area contributed by atoms with Crippen LogP contribution in [-0.2, 0) is 13.0 Å². The average molecular weight is 580 g/mol. The molecule has 0 fully saturated rings. The number of carbonyl (C=O) groups excluding carboxylic acids is 2. The van der Waals surface area contributed by atoms with E-state index in [1.165, 1.54) is 19.1 Å². The van der Waals surface area contributed by atoms with Crippen LogP contribution in [0.15, 0.2) is 91.0 Å². The maximum atomic E-state index is 14.1. The zero-order chi connectivity index (χ0) is 30.9. The molecule has 0 aromatic heterocycles. The summed E-state index contributed by atoms with van der Waals surface area (Å²) in [7, 11) is 4.76. The van der Waals surface area contributed by atoms with Gasteiger partial charge in [-0.1, -0.05) is 60.7 Å². The minimum Gasteiger partial charge on any atom is -0.496 e. The molecule has 4 rings (SSSR count). The fourth-order valence-electron chi connectivity index (χ4n) is 4.80. The zero-order valence-corrected chi connectivity index (χ0v) is 24.9. The first-order valence-electron chi connectivity index (χ1n) is 13.9. The van der Waals surface area contributed by atoms with Crippen molar-refractivity contribution in [2.24, 2.45) is 5.73 Å². The summed E-state index contributed by atoms with van der Waals surface area (Å²) in [5.41, 5.74) is 10.5. The Bertz CT molecular complexity index is 1570. The molecule has 0 atom stereocenters. The topological polar surface area (TPSA) is 121 Å². The largest absolute Gasteiger partial charge is 0.496 e. The maximum Gasteiger partial charge on any atom is 0.328 e. The number of hydrogen-bond donors (Lipinski definition) is 3. The maximum absolute atomic E-state index is 14.1. The number of urea groups is 1. The molecule has 4 N–H and O–H groups in total. The van der Waals surface area contributed by atoms with Gasteiger partial charge < -0.3 is 20.5 Å². The predicted molar refractivity (Wildman–Crippen MR) is 171 cm³/mol. The van der Waals surface area contributed by atoms with Crippen molar-refractivity contribution in [1.29, 1.82) is 5.41 Å². The van der Waals surface area contributed by atoms with Gasteiger partial charge in [-0.3, -0.25) is 20.0 Å². The smallest absolute Gasteiger partial charge is 0.328 e. The summed E-state index contributed by atoms with van der Waals surface area (Å²) in [6, 6.07) is 27.7. The van der Waals surface area contributed by atoms with Gasteiger partial charge in [-0.2, -0.15) is 0 Å². The Morgan fingerprint density at radius 3 is 2.05 bits per heavy atom. The number of amides is 3. The van der Waals surface area contributed by atoms with E-state index in [0.29, 0.717) is 46.8 Å². The normalized spacial score (nSPS) is 10.5. The lowest BCUT2D eigenvalue weighted by Gasteiger charge is -2.30. The van der Waals surface area contributed by atoms with Crippen LogP contribution in [0, 0.1) is 12.3 Å². The van der Waals surface area contributed by atoms with Gasteiger partial charge in [0.25, 0.3) is 5.91 Å². The molecule has 0 aliphatic heterocycles. The van der Waals surface area contributed by atoms with Crippen molar-refractivity contribution < 1.29 is 19.1 Å². The van der Waals surface area contributed by atoms with Crippen LogP contribution < -0.4 is 30.3 Å². The standard InChI is InChI=1S/C34H37N5O4/c1-23-30(42-3)20-27(21-31(23)43-4)33(40)37-22-26-16-15-25(32(35)36)19-29(26)38(2)34(41)39(28-13-9-6-10-14-28)18-17-24-11-7-5-8-12-24/h5-16,19-21H,17-18,22H2,1-4H3,(H3,35,36)(H,37,40). The van der Waals surface area contributed by atoms with E-state index < -0.39 is 0 Å². The first-order valence-corrected chi connectivity index (χ1v) is 13.9. The van der Waals surface area contributed by atoms with Gasteiger partial charge in [0.05, 0.1) is 19.9 Å². The number of anilines is 2. The van der Waals surface area contributed by atoms with Crippen LogP contribution in [0.5, 0.6) is 11.5 Å². The SMILES string of the molecule is COc1cc(C(=O)NCc2ccc(C(=N)N)cc2N(C)C(=O)N(CCc2ccccc2)c2ccccc2)cc(OC)c1C. The Balaban J connectivity index is 1.62. The Hall–Kier alpha value is -5.31. The monoisotopic (exact) mass is 579 g/mol. The van der Waals surface area contributed by atoms with Crippen molar-refractivity contribution in [3.05, 3.63) is 119 Å². The summed E-state index contributed by atoms with van der Waals surface area (Å²) in [5, 5.41) is 10.9. The average Bonchev–Trinajstić information content (AvgIpc) is 3.04. The molecule has 0 aliphatic rings. The molecule has 0 unspecified atom stereocenters. The van der Waals surface area contributed by atoms with Crippen molar-refractivity contribution in [3.8, 4) is 11.5 Å². The number of nitrogen functional groups attached to an aromatic ring is 1. The first kappa shape index (κ1) is 30.6. The molecule has 9 heteroatoms. The van der Waals surface area contributed by atoms with Crippen LogP contribution in [0.1, 0.15) is 32.6 Å². The van der Waals surface area contributed by atoms with Gasteiger partial charge in [0.2, 0.25) is 0 Å². The number of benzene rings is 4. The molecule has 0 bridgehead atoms. The quantitative estimate of drug-likeness (QED) is 0.159. The summed E-state index contributed by atoms with van der Waals surface area (Å²) >= 11 is 0. The van der Waals surface area contributed by atoms with Crippen molar-refractivity contribution in [2.75, 3.05) is 37.6 Å². The van der Waals surface area contributed by atoms with Gasteiger partial charge in [-0.25, -0.2) is 4.79 Å². The zero-order valence-electron chi connectivity index (χ0n) is 24.9. The Morgan fingerprint density at radius 1 is 0.860 bits per heavy atom. The van der Waals surface area contributed by atoms with Gasteiger partial charge in [-0.05, 0) is 54.8 Å². The molecule has 0 saturated carbocycles. The third-order valence-electron chi connectivity index (χ3n) is 7.26. The number of rotatable bonds is 11. The fraction of sp³-hybridized carbons (Fsp3) is 0.206. The van der Waals surface area contributed by atoms with Gasteiger partial charge in [0.1, 0.15) is 17.3 Å². The minimum absolute atomic E-state index is 0.123. The van der Waals surface area contributed by atoms with E-state index >= 15 is 0 Å². The molecule has 0 heterocycles. The Morgan fingerprint density at radius 2 is 1.47 bits per heavy atom. The van der Waals surface area contributed by atoms with Gasteiger partial charge in [0, 0.05) is 42.5 Å². The molecule has 9 nitrogen and oxygen atoms in total. The number of amidine groups is 1. The van der Waals surface area contributed by atoms with Gasteiger partial charge in [0.15, 0.2) is 0 Å². The highest BCUT2D eigenvalue weighted by molar-refractivity contribution is 6.05. The number of nitrogens with two attached hydrogens (primary N) is 1. The lowest BCUT2D eigenvalue weighted by Crippen LogP contribution is -2.43. The lowest BCUT2D eigenvalue weighted by atomic mass is 10.1. The molecule has 43 heavy (non-hydrogen) atoms. The molecular formula is C34H37N5O4. The summed E-state index contributed by atoms with van der Waals surface area (Å²) < 4.78 is 10.8. The van der Waals surface area contributed by atoms with E-state index in [9.17, 15) is 9.59 Å². The third-order valence-corrected chi connectivity index (χ3v) is 7.26. The second-order valence-corrected chi connectivity index (χ2v) is 10.0. The molecule has 222 valence electrons. The van der Waals surface area contributed by atoms with Crippen LogP contribution in [0.25, 0.3) is 0 Å². The molecule has 0 spiro atoms. The Labute approximate surface area is 252 Å². The van der Waals surface area contributed by atoms with Crippen LogP contribution in [-0.4, -0.2) is 45.6 Å². The lowest BCUT2D eigenvalue weighted by molar-refractivity contribution is 0.0950. The van der Waals surface area contributed by atoms with E-state index in [2.05, 4.69) is 5.32 Å². The van der Waals surface area contributed by atoms with Crippen LogP contribution in [0.2, 0.25) is 0 Å². The first-order chi connectivity index (χ1) is 20.7. The fourth-order valence-corrected chi connectivity index (χ4v) is 4.80. The molecule has 0 saturated heterocycles. The number of para-hydroxylation sites is 1. The molecule has 0 aliphatic carbocycles. The van der Waals surface area contributed by atoms with Crippen molar-refractivity contribution in [1.82, 2.24) is 5.32 Å². The number of nitrogens with zero attached hydrogens (tertiary/aromatic N) is 2. The van der Waals surface area contributed by atoms with E-state index in [0.717, 1.165) is 16.8 Å². The van der Waals surface area contributed by atoms with Crippen molar-refractivity contribution in [2.45, 2.75) is 19.9 Å². The van der Waals surface area contributed by atoms with Crippen molar-refractivity contribution >= 4 is 29.1 Å². The highest BCUT2D eigenvalue weighted by Crippen LogP contribution is 2.30. The Kier molecular flexibility index (Phi) is 10.0. The van der Waals surface area contributed by atoms with Crippen LogP contribution in [0.4, 0.5) is 16.2 Å². The number of nitrogens with one attached hydrogen (secondary N) is 2. The predicted octanol–water partition coefficient (Wildman–Crippen LogP) is 5.53. The number of ether oxygens (including phenoxy) is 2. The summed E-state index contributed by atoms with van der Waals surface area (Å²) in [5.74, 6) is 0.622. The molecular weight excluding hydrogens is 542 g/mol. The number of carbonyl (C=O) groups is 2. The third kappa shape index (κ3) is 7.32. The minimum atomic E-state index is -0.332. The molecule has 0 radical (unpaired) electrons. The van der Waals surface area contributed by atoms with Crippen LogP contribution >= 0.6 is 0 Å².